The highest BCUT2D eigenvalue weighted by molar-refractivity contribution is 6.30. The summed E-state index contributed by atoms with van der Waals surface area (Å²) < 4.78 is 5.54. The Morgan fingerprint density at radius 3 is 2.00 bits per heavy atom. The zero-order chi connectivity index (χ0) is 20.5. The molecular weight excluding hydrogens is 388 g/mol. The summed E-state index contributed by atoms with van der Waals surface area (Å²) in [5.41, 5.74) is 0. The van der Waals surface area contributed by atoms with Gasteiger partial charge in [-0.05, 0) is 37.1 Å². The molecule has 0 radical (unpaired) electrons. The highest BCUT2D eigenvalue weighted by Crippen LogP contribution is 2.24. The minimum atomic E-state index is -1.82. The van der Waals surface area contributed by atoms with Crippen LogP contribution >= 0.6 is 11.6 Å². The Labute approximate surface area is 168 Å². The monoisotopic (exact) mass is 412 g/mol. The number of halogens is 1. The van der Waals surface area contributed by atoms with E-state index in [9.17, 15) is 4.79 Å². The average Bonchev–Trinajstić information content (AvgIpc) is 3.22. The van der Waals surface area contributed by atoms with E-state index in [1.807, 2.05) is 4.90 Å². The van der Waals surface area contributed by atoms with Gasteiger partial charge in [0.2, 0.25) is 0 Å². The van der Waals surface area contributed by atoms with E-state index in [2.05, 4.69) is 4.90 Å². The van der Waals surface area contributed by atoms with Crippen molar-refractivity contribution in [2.45, 2.75) is 31.7 Å². The number of hydrogen-bond acceptors (Lipinski definition) is 5. The molecule has 0 unspecified atom stereocenters. The second kappa shape index (κ2) is 10.9. The third kappa shape index (κ3) is 7.01. The van der Waals surface area contributed by atoms with Crippen LogP contribution in [0.1, 0.15) is 25.7 Å². The summed E-state index contributed by atoms with van der Waals surface area (Å²) in [4.78, 5) is 34.9. The van der Waals surface area contributed by atoms with Crippen molar-refractivity contribution >= 4 is 29.4 Å². The molecule has 154 valence electrons. The van der Waals surface area contributed by atoms with Crippen LogP contribution in [0.5, 0.6) is 5.75 Å². The van der Waals surface area contributed by atoms with Gasteiger partial charge in [-0.3, -0.25) is 9.69 Å². The third-order valence-electron chi connectivity index (χ3n) is 4.87. The first-order valence-electron chi connectivity index (χ1n) is 9.23. The smallest absolute Gasteiger partial charge is 0.414 e. The molecule has 1 amide bonds. The molecule has 1 aliphatic carbocycles. The maximum Gasteiger partial charge on any atom is 0.414 e. The zero-order valence-electron chi connectivity index (χ0n) is 15.6. The van der Waals surface area contributed by atoms with Crippen LogP contribution in [0, 0.1) is 0 Å². The summed E-state index contributed by atoms with van der Waals surface area (Å²) in [6, 6.07) is 7.85. The zero-order valence-corrected chi connectivity index (χ0v) is 16.3. The Balaban J connectivity index is 0.000000409. The van der Waals surface area contributed by atoms with E-state index in [0.717, 1.165) is 32.2 Å². The SMILES string of the molecule is O=C(COc1ccc(Cl)cc1)N1CCN(C2CCCC2)CC1.O=C(O)C(=O)O. The highest BCUT2D eigenvalue weighted by Gasteiger charge is 2.27. The number of piperazine rings is 1. The second-order valence-corrected chi connectivity index (χ2v) is 7.14. The van der Waals surface area contributed by atoms with Crippen molar-refractivity contribution in [3.8, 4) is 5.75 Å². The molecule has 1 aromatic rings. The van der Waals surface area contributed by atoms with Crippen LogP contribution in [0.15, 0.2) is 24.3 Å². The number of ether oxygens (including phenoxy) is 1. The molecule has 1 aliphatic heterocycles. The molecule has 8 nitrogen and oxygen atoms in total. The highest BCUT2D eigenvalue weighted by atomic mass is 35.5. The minimum Gasteiger partial charge on any atom is -0.484 e. The molecule has 28 heavy (non-hydrogen) atoms. The van der Waals surface area contributed by atoms with Crippen molar-refractivity contribution in [2.24, 2.45) is 0 Å². The van der Waals surface area contributed by atoms with E-state index in [1.165, 1.54) is 25.7 Å². The van der Waals surface area contributed by atoms with Crippen molar-refractivity contribution in [3.63, 3.8) is 0 Å². The number of carboxylic acid groups (broad SMARTS) is 2. The van der Waals surface area contributed by atoms with E-state index < -0.39 is 11.9 Å². The predicted octanol–water partition coefficient (Wildman–Crippen LogP) is 1.96. The van der Waals surface area contributed by atoms with Crippen molar-refractivity contribution in [1.82, 2.24) is 9.80 Å². The molecule has 1 saturated heterocycles. The molecule has 1 aromatic carbocycles. The quantitative estimate of drug-likeness (QED) is 0.728. The van der Waals surface area contributed by atoms with Gasteiger partial charge in [0.15, 0.2) is 6.61 Å². The maximum atomic E-state index is 12.2. The predicted molar refractivity (Wildman–Crippen MR) is 103 cm³/mol. The molecule has 9 heteroatoms. The summed E-state index contributed by atoms with van der Waals surface area (Å²) in [6.45, 7) is 3.73. The van der Waals surface area contributed by atoms with Crippen LogP contribution in [-0.4, -0.2) is 76.7 Å². The Hall–Kier alpha value is -2.32. The van der Waals surface area contributed by atoms with Crippen LogP contribution in [0.4, 0.5) is 0 Å². The van der Waals surface area contributed by atoms with E-state index in [-0.39, 0.29) is 12.5 Å². The lowest BCUT2D eigenvalue weighted by Crippen LogP contribution is -2.52. The lowest BCUT2D eigenvalue weighted by atomic mass is 10.2. The number of carbonyl (C=O) groups excluding carboxylic acids is 1. The fraction of sp³-hybridized carbons (Fsp3) is 0.526. The number of amides is 1. The van der Waals surface area contributed by atoms with Crippen molar-refractivity contribution in [1.29, 1.82) is 0 Å². The van der Waals surface area contributed by atoms with Crippen LogP contribution < -0.4 is 4.74 Å². The first-order valence-corrected chi connectivity index (χ1v) is 9.61. The van der Waals surface area contributed by atoms with E-state index in [0.29, 0.717) is 10.8 Å². The summed E-state index contributed by atoms with van der Waals surface area (Å²) in [5, 5.41) is 15.5. The molecule has 0 bridgehead atoms. The lowest BCUT2D eigenvalue weighted by Gasteiger charge is -2.38. The first kappa shape index (κ1) is 22.0. The van der Waals surface area contributed by atoms with Crippen molar-refractivity contribution < 1.29 is 29.3 Å². The molecule has 2 aliphatic rings. The van der Waals surface area contributed by atoms with Gasteiger partial charge in [0, 0.05) is 37.2 Å². The number of aliphatic carboxylic acids is 2. The Kier molecular flexibility index (Phi) is 8.53. The second-order valence-electron chi connectivity index (χ2n) is 6.71. The molecule has 0 aromatic heterocycles. The summed E-state index contributed by atoms with van der Waals surface area (Å²) in [5.74, 6) is -2.90. The van der Waals surface area contributed by atoms with Gasteiger partial charge < -0.3 is 19.8 Å². The first-order chi connectivity index (χ1) is 13.4. The third-order valence-corrected chi connectivity index (χ3v) is 5.12. The van der Waals surface area contributed by atoms with Gasteiger partial charge in [0.1, 0.15) is 5.75 Å². The minimum absolute atomic E-state index is 0.0704. The van der Waals surface area contributed by atoms with Gasteiger partial charge in [-0.25, -0.2) is 9.59 Å². The molecule has 2 N–H and O–H groups in total. The molecule has 0 atom stereocenters. The van der Waals surface area contributed by atoms with Gasteiger partial charge in [-0.2, -0.15) is 0 Å². The molecular formula is C19H25ClN2O6. The average molecular weight is 413 g/mol. The van der Waals surface area contributed by atoms with Crippen LogP contribution in [-0.2, 0) is 14.4 Å². The topological polar surface area (TPSA) is 107 Å². The number of carbonyl (C=O) groups is 3. The normalized spacial score (nSPS) is 17.5. The lowest BCUT2D eigenvalue weighted by molar-refractivity contribution is -0.159. The van der Waals surface area contributed by atoms with Crippen LogP contribution in [0.3, 0.4) is 0 Å². The molecule has 0 spiro atoms. The van der Waals surface area contributed by atoms with Crippen molar-refractivity contribution in [2.75, 3.05) is 32.8 Å². The molecule has 2 fully saturated rings. The largest absolute Gasteiger partial charge is 0.484 e. The fourth-order valence-electron chi connectivity index (χ4n) is 3.37. The van der Waals surface area contributed by atoms with Gasteiger partial charge in [0.05, 0.1) is 0 Å². The Morgan fingerprint density at radius 2 is 1.50 bits per heavy atom. The molecule has 1 saturated carbocycles. The maximum absolute atomic E-state index is 12.2. The molecule has 3 rings (SSSR count). The van der Waals surface area contributed by atoms with Gasteiger partial charge in [-0.15, -0.1) is 0 Å². The number of nitrogens with zero attached hydrogens (tertiary/aromatic N) is 2. The van der Waals surface area contributed by atoms with Crippen LogP contribution in [0.25, 0.3) is 0 Å². The summed E-state index contributed by atoms with van der Waals surface area (Å²) in [7, 11) is 0. The molecule has 1 heterocycles. The van der Waals surface area contributed by atoms with Crippen LogP contribution in [0.2, 0.25) is 5.02 Å². The van der Waals surface area contributed by atoms with Gasteiger partial charge >= 0.3 is 11.9 Å². The van der Waals surface area contributed by atoms with E-state index >= 15 is 0 Å². The fourth-order valence-corrected chi connectivity index (χ4v) is 3.50. The van der Waals surface area contributed by atoms with Gasteiger partial charge in [0.25, 0.3) is 5.91 Å². The number of carboxylic acids is 2. The van der Waals surface area contributed by atoms with Crippen molar-refractivity contribution in [3.05, 3.63) is 29.3 Å². The summed E-state index contributed by atoms with van der Waals surface area (Å²) >= 11 is 5.83. The number of benzene rings is 1. The standard InChI is InChI=1S/C17H23ClN2O2.C2H2O4/c18-14-5-7-16(8-6-14)22-13-17(21)20-11-9-19(10-12-20)15-3-1-2-4-15;3-1(4)2(5)6/h5-8,15H,1-4,9-13H2;(H,3,4)(H,5,6). The number of hydrogen-bond donors (Lipinski definition) is 2. The summed E-state index contributed by atoms with van der Waals surface area (Å²) in [6.07, 6.45) is 5.37. The Morgan fingerprint density at radius 1 is 0.964 bits per heavy atom. The van der Waals surface area contributed by atoms with E-state index in [4.69, 9.17) is 36.1 Å². The Bertz CT molecular complexity index is 656. The van der Waals surface area contributed by atoms with E-state index in [1.54, 1.807) is 24.3 Å². The number of rotatable bonds is 4. The van der Waals surface area contributed by atoms with Gasteiger partial charge in [-0.1, -0.05) is 24.4 Å².